The van der Waals surface area contributed by atoms with Crippen molar-refractivity contribution in [3.05, 3.63) is 70.0 Å². The summed E-state index contributed by atoms with van der Waals surface area (Å²) in [5, 5.41) is 3.58. The highest BCUT2D eigenvalue weighted by atomic mass is 19.1. The molecule has 0 fully saturated rings. The molecule has 0 unspecified atom stereocenters. The average molecular weight is 444 g/mol. The molecule has 5 aromatic carbocycles. The van der Waals surface area contributed by atoms with Crippen molar-refractivity contribution >= 4 is 66.7 Å². The number of fused-ring (bicyclic) bond motifs is 2. The third-order valence-corrected chi connectivity index (χ3v) is 6.49. The summed E-state index contributed by atoms with van der Waals surface area (Å²) in [5.41, 5.74) is -0.418. The van der Waals surface area contributed by atoms with Crippen LogP contribution in [0.4, 0.5) is 13.2 Å². The molecule has 0 atom stereocenters. The maximum Gasteiger partial charge on any atom is 0.258 e. The molecule has 2 N–H and O–H groups in total. The van der Waals surface area contributed by atoms with Crippen molar-refractivity contribution in [2.75, 3.05) is 0 Å². The fraction of sp³-hybridized carbons (Fsp3) is 0. The van der Waals surface area contributed by atoms with Gasteiger partial charge in [0, 0.05) is 43.3 Å². The zero-order chi connectivity index (χ0) is 22.9. The van der Waals surface area contributed by atoms with Crippen LogP contribution in [-0.4, -0.2) is 23.6 Å². The molecule has 4 amide bonds. The first kappa shape index (κ1) is 18.1. The molecule has 0 radical (unpaired) electrons. The Labute approximate surface area is 180 Å². The average Bonchev–Trinajstić information content (AvgIpc) is 2.76. The minimum Gasteiger partial charge on any atom is -0.288 e. The number of rotatable bonds is 0. The maximum absolute atomic E-state index is 15.5. The molecule has 0 spiro atoms. The van der Waals surface area contributed by atoms with Crippen molar-refractivity contribution in [3.8, 4) is 0 Å². The van der Waals surface area contributed by atoms with Crippen molar-refractivity contribution in [1.82, 2.24) is 10.6 Å². The molecule has 0 bridgehead atoms. The molecule has 2 heterocycles. The van der Waals surface area contributed by atoms with E-state index in [2.05, 4.69) is 5.32 Å². The van der Waals surface area contributed by atoms with Gasteiger partial charge >= 0.3 is 0 Å². The first-order valence-corrected chi connectivity index (χ1v) is 9.78. The van der Waals surface area contributed by atoms with Crippen molar-refractivity contribution in [2.45, 2.75) is 0 Å². The number of amides is 4. The fourth-order valence-corrected chi connectivity index (χ4v) is 5.27. The van der Waals surface area contributed by atoms with Gasteiger partial charge in [0.1, 0.15) is 17.5 Å². The first-order chi connectivity index (χ1) is 15.8. The number of carbonyl (C=O) groups excluding carboxylic acids is 4. The number of hydrogen-bond acceptors (Lipinski definition) is 4. The topological polar surface area (TPSA) is 92.3 Å². The van der Waals surface area contributed by atoms with Crippen LogP contribution in [0, 0.1) is 17.5 Å². The number of halogens is 3. The van der Waals surface area contributed by atoms with Crippen molar-refractivity contribution in [3.63, 3.8) is 0 Å². The summed E-state index contributed by atoms with van der Waals surface area (Å²) in [7, 11) is 0. The summed E-state index contributed by atoms with van der Waals surface area (Å²) in [4.78, 5) is 49.7. The number of benzene rings is 5. The molecular weight excluding hydrogens is 437 g/mol. The van der Waals surface area contributed by atoms with Crippen LogP contribution in [0.25, 0.3) is 43.1 Å². The number of carbonyl (C=O) groups is 4. The quantitative estimate of drug-likeness (QED) is 0.215. The molecular formula is C24H7F3N2O4. The highest BCUT2D eigenvalue weighted by molar-refractivity contribution is 6.41. The molecule has 5 aromatic rings. The zero-order valence-corrected chi connectivity index (χ0v) is 16.2. The van der Waals surface area contributed by atoms with E-state index in [9.17, 15) is 19.2 Å². The molecule has 9 heteroatoms. The summed E-state index contributed by atoms with van der Waals surface area (Å²) < 4.78 is 46.5. The lowest BCUT2D eigenvalue weighted by atomic mass is 9.82. The van der Waals surface area contributed by atoms with Crippen LogP contribution in [-0.2, 0) is 0 Å². The fourth-order valence-electron chi connectivity index (χ4n) is 5.27. The Kier molecular flexibility index (Phi) is 2.98. The lowest BCUT2D eigenvalue weighted by Gasteiger charge is -2.24. The van der Waals surface area contributed by atoms with Crippen LogP contribution in [0.15, 0.2) is 30.3 Å². The Morgan fingerprint density at radius 3 is 1.42 bits per heavy atom. The van der Waals surface area contributed by atoms with Gasteiger partial charge in [-0.15, -0.1) is 0 Å². The van der Waals surface area contributed by atoms with E-state index in [1.807, 2.05) is 5.32 Å². The predicted octanol–water partition coefficient (Wildman–Crippen LogP) is 3.92. The van der Waals surface area contributed by atoms with Gasteiger partial charge < -0.3 is 0 Å². The smallest absolute Gasteiger partial charge is 0.258 e. The van der Waals surface area contributed by atoms with Gasteiger partial charge in [0.05, 0.1) is 16.7 Å². The van der Waals surface area contributed by atoms with Crippen LogP contribution in [0.1, 0.15) is 41.4 Å². The van der Waals surface area contributed by atoms with Gasteiger partial charge in [0.25, 0.3) is 23.6 Å². The van der Waals surface area contributed by atoms with E-state index in [0.717, 1.165) is 18.2 Å². The Balaban J connectivity index is 1.90. The summed E-state index contributed by atoms with van der Waals surface area (Å²) >= 11 is 0. The minimum absolute atomic E-state index is 0.0174. The molecule has 0 saturated heterocycles. The zero-order valence-electron chi connectivity index (χ0n) is 16.2. The van der Waals surface area contributed by atoms with Crippen molar-refractivity contribution in [1.29, 1.82) is 0 Å². The summed E-state index contributed by atoms with van der Waals surface area (Å²) in [5.74, 6) is -6.10. The number of nitrogens with one attached hydrogen (secondary N) is 2. The van der Waals surface area contributed by atoms with Crippen molar-refractivity contribution < 1.29 is 32.3 Å². The second-order valence-corrected chi connectivity index (χ2v) is 8.07. The third kappa shape index (κ3) is 1.91. The van der Waals surface area contributed by atoms with E-state index in [4.69, 9.17) is 0 Å². The molecule has 2 aliphatic rings. The largest absolute Gasteiger partial charge is 0.288 e. The van der Waals surface area contributed by atoms with Gasteiger partial charge in [0.2, 0.25) is 0 Å². The van der Waals surface area contributed by atoms with Gasteiger partial charge in [-0.3, -0.25) is 29.8 Å². The number of hydrogen-bond donors (Lipinski definition) is 2. The van der Waals surface area contributed by atoms with Gasteiger partial charge in [0.15, 0.2) is 0 Å². The molecule has 158 valence electrons. The monoisotopic (exact) mass is 444 g/mol. The van der Waals surface area contributed by atoms with Gasteiger partial charge in [-0.05, 0) is 29.7 Å². The summed E-state index contributed by atoms with van der Waals surface area (Å²) in [6, 6.07) is 5.49. The van der Waals surface area contributed by atoms with Gasteiger partial charge in [-0.1, -0.05) is 6.07 Å². The normalized spacial score (nSPS) is 15.2. The van der Waals surface area contributed by atoms with Crippen LogP contribution in [0.5, 0.6) is 0 Å². The van der Waals surface area contributed by atoms with E-state index in [-0.39, 0.29) is 65.3 Å². The molecule has 0 aliphatic carbocycles. The van der Waals surface area contributed by atoms with E-state index in [1.165, 1.54) is 12.1 Å². The summed E-state index contributed by atoms with van der Waals surface area (Å²) in [6.45, 7) is 0. The highest BCUT2D eigenvalue weighted by Crippen LogP contribution is 2.47. The third-order valence-electron chi connectivity index (χ3n) is 6.49. The Morgan fingerprint density at radius 2 is 0.879 bits per heavy atom. The second-order valence-electron chi connectivity index (χ2n) is 8.07. The van der Waals surface area contributed by atoms with Crippen molar-refractivity contribution in [2.24, 2.45) is 0 Å². The predicted molar refractivity (Wildman–Crippen MR) is 111 cm³/mol. The Morgan fingerprint density at radius 1 is 0.455 bits per heavy atom. The highest BCUT2D eigenvalue weighted by Gasteiger charge is 2.34. The van der Waals surface area contributed by atoms with Gasteiger partial charge in [-0.2, -0.15) is 0 Å². The maximum atomic E-state index is 15.5. The lowest BCUT2D eigenvalue weighted by Crippen LogP contribution is -2.35. The lowest BCUT2D eigenvalue weighted by molar-refractivity contribution is 0.0828. The SMILES string of the molecule is O=C1NC(=O)c2cc(F)c3c4c(F)cc5c6c(cc(F)c(c7ccc1c2c73)c64)C(=O)NC5=O. The van der Waals surface area contributed by atoms with Gasteiger partial charge in [-0.25, -0.2) is 13.2 Å². The van der Waals surface area contributed by atoms with E-state index in [0.29, 0.717) is 0 Å². The Bertz CT molecular complexity index is 1860. The molecule has 0 aromatic heterocycles. The van der Waals surface area contributed by atoms with E-state index in [1.54, 1.807) is 0 Å². The van der Waals surface area contributed by atoms with Crippen LogP contribution in [0.3, 0.4) is 0 Å². The standard InChI is InChI=1S/C24H7F3N2O4/c25-11-3-9-15-10(24(33)29-23(9)32)5-13(27)19-18-12(26)4-8-14-7(21(30)28-22(8)31)2-1-6(17(14)18)16(11)20(15)19/h1-5H,(H,28,30,31)(H,29,32,33). The van der Waals surface area contributed by atoms with E-state index >= 15 is 13.2 Å². The molecule has 0 saturated carbocycles. The molecule has 6 nitrogen and oxygen atoms in total. The minimum atomic E-state index is -1.00. The second kappa shape index (κ2) is 5.44. The van der Waals surface area contributed by atoms with Crippen LogP contribution < -0.4 is 10.6 Å². The number of imide groups is 2. The molecule has 2 aliphatic heterocycles. The first-order valence-electron chi connectivity index (χ1n) is 9.78. The summed E-state index contributed by atoms with van der Waals surface area (Å²) in [6.07, 6.45) is 0. The van der Waals surface area contributed by atoms with E-state index < -0.39 is 41.1 Å². The van der Waals surface area contributed by atoms with Crippen LogP contribution in [0.2, 0.25) is 0 Å². The molecule has 33 heavy (non-hydrogen) atoms. The van der Waals surface area contributed by atoms with Crippen LogP contribution >= 0.6 is 0 Å². The Hall–Kier alpha value is -4.53. The molecule has 7 rings (SSSR count).